The molecule has 3 rings (SSSR count). The van der Waals surface area contributed by atoms with Crippen molar-refractivity contribution in [2.24, 2.45) is 0 Å². The van der Waals surface area contributed by atoms with Crippen LogP contribution >= 0.6 is 0 Å². The van der Waals surface area contributed by atoms with Crippen LogP contribution in [-0.4, -0.2) is 30.0 Å². The molecule has 1 N–H and O–H groups in total. The molecule has 1 aliphatic rings. The first-order valence-corrected chi connectivity index (χ1v) is 8.91. The van der Waals surface area contributed by atoms with E-state index >= 15 is 0 Å². The third-order valence-corrected chi connectivity index (χ3v) is 5.08. The molecule has 1 aromatic carbocycles. The highest BCUT2D eigenvalue weighted by atomic mass is 19.4. The first-order chi connectivity index (χ1) is 12.8. The Morgan fingerprint density at radius 3 is 2.44 bits per heavy atom. The van der Waals surface area contributed by atoms with E-state index in [0.29, 0.717) is 24.5 Å². The van der Waals surface area contributed by atoms with Crippen molar-refractivity contribution >= 4 is 11.7 Å². The minimum absolute atomic E-state index is 0.0445. The van der Waals surface area contributed by atoms with Gasteiger partial charge in [0.1, 0.15) is 5.82 Å². The lowest BCUT2D eigenvalue weighted by Crippen LogP contribution is -2.45. The van der Waals surface area contributed by atoms with Gasteiger partial charge in [0.25, 0.3) is 5.91 Å². The fourth-order valence-corrected chi connectivity index (χ4v) is 3.25. The van der Waals surface area contributed by atoms with Crippen LogP contribution in [0.2, 0.25) is 0 Å². The second-order valence-corrected chi connectivity index (χ2v) is 6.89. The number of nitrogens with one attached hydrogen (secondary N) is 1. The molecule has 0 unspecified atom stereocenters. The maximum absolute atomic E-state index is 12.6. The van der Waals surface area contributed by atoms with E-state index in [9.17, 15) is 18.0 Å². The second kappa shape index (κ2) is 7.58. The number of anilines is 1. The van der Waals surface area contributed by atoms with Gasteiger partial charge in [0.05, 0.1) is 5.56 Å². The summed E-state index contributed by atoms with van der Waals surface area (Å²) in [7, 11) is 0. The van der Waals surface area contributed by atoms with Gasteiger partial charge < -0.3 is 10.2 Å². The molecule has 144 valence electrons. The van der Waals surface area contributed by atoms with Gasteiger partial charge in [-0.25, -0.2) is 4.98 Å². The quantitative estimate of drug-likeness (QED) is 0.875. The van der Waals surface area contributed by atoms with Crippen molar-refractivity contribution in [3.05, 3.63) is 58.8 Å². The highest BCUT2D eigenvalue weighted by Crippen LogP contribution is 2.29. The Morgan fingerprint density at radius 1 is 1.15 bits per heavy atom. The van der Waals surface area contributed by atoms with Crippen LogP contribution < -0.4 is 10.2 Å². The molecular formula is C20H22F3N3O. The minimum Gasteiger partial charge on any atom is -0.356 e. The van der Waals surface area contributed by atoms with Crippen LogP contribution in [0, 0.1) is 13.8 Å². The summed E-state index contributed by atoms with van der Waals surface area (Å²) in [6, 6.07) is 8.16. The van der Waals surface area contributed by atoms with E-state index in [1.807, 2.05) is 36.9 Å². The van der Waals surface area contributed by atoms with Crippen LogP contribution in [0.15, 0.2) is 36.5 Å². The normalized spacial score (nSPS) is 15.7. The number of halogens is 3. The van der Waals surface area contributed by atoms with Crippen molar-refractivity contribution in [2.45, 2.75) is 38.9 Å². The van der Waals surface area contributed by atoms with Crippen LogP contribution in [0.25, 0.3) is 0 Å². The predicted octanol–water partition coefficient (Wildman–Crippen LogP) is 4.12. The molecule has 0 aliphatic carbocycles. The third-order valence-electron chi connectivity index (χ3n) is 5.08. The van der Waals surface area contributed by atoms with Crippen LogP contribution in [0.3, 0.4) is 0 Å². The number of hydrogen-bond acceptors (Lipinski definition) is 3. The maximum atomic E-state index is 12.6. The molecule has 1 fully saturated rings. The van der Waals surface area contributed by atoms with Gasteiger partial charge in [0.2, 0.25) is 0 Å². The number of alkyl halides is 3. The van der Waals surface area contributed by atoms with Crippen molar-refractivity contribution in [2.75, 3.05) is 18.0 Å². The molecule has 1 aliphatic heterocycles. The van der Waals surface area contributed by atoms with Gasteiger partial charge in [-0.05, 0) is 56.0 Å². The molecule has 7 heteroatoms. The molecule has 27 heavy (non-hydrogen) atoms. The molecule has 0 radical (unpaired) electrons. The molecule has 0 saturated carbocycles. The number of aromatic nitrogens is 1. The van der Waals surface area contributed by atoms with Gasteiger partial charge in [-0.15, -0.1) is 0 Å². The number of carbonyl (C=O) groups excluding carboxylic acids is 1. The Morgan fingerprint density at radius 2 is 1.85 bits per heavy atom. The first kappa shape index (κ1) is 19.2. The number of carbonyl (C=O) groups is 1. The summed E-state index contributed by atoms with van der Waals surface area (Å²) >= 11 is 0. The summed E-state index contributed by atoms with van der Waals surface area (Å²) in [5, 5.41) is 3.07. The zero-order valence-electron chi connectivity index (χ0n) is 15.3. The smallest absolute Gasteiger partial charge is 0.356 e. The van der Waals surface area contributed by atoms with Gasteiger partial charge in [-0.2, -0.15) is 13.2 Å². The summed E-state index contributed by atoms with van der Waals surface area (Å²) in [5.41, 5.74) is 1.98. The molecule has 1 aromatic heterocycles. The molecule has 1 amide bonds. The summed E-state index contributed by atoms with van der Waals surface area (Å²) in [6.45, 7) is 5.18. The Hall–Kier alpha value is -2.57. The number of rotatable bonds is 3. The zero-order chi connectivity index (χ0) is 19.6. The molecule has 0 bridgehead atoms. The predicted molar refractivity (Wildman–Crippen MR) is 97.9 cm³/mol. The summed E-state index contributed by atoms with van der Waals surface area (Å²) in [4.78, 5) is 18.4. The van der Waals surface area contributed by atoms with E-state index in [0.717, 1.165) is 36.2 Å². The van der Waals surface area contributed by atoms with E-state index in [1.165, 1.54) is 6.07 Å². The standard InChI is InChI=1S/C20H22F3N3O/c1-13-4-3-5-17(14(13)2)19(27)25-16-8-10-26(11-9-16)18-7-6-15(12-24-18)20(21,22)23/h3-7,12,16H,8-11H2,1-2H3,(H,25,27). The largest absolute Gasteiger partial charge is 0.417 e. The van der Waals surface area contributed by atoms with Crippen molar-refractivity contribution in [3.8, 4) is 0 Å². The lowest BCUT2D eigenvalue weighted by Gasteiger charge is -2.33. The fourth-order valence-electron chi connectivity index (χ4n) is 3.25. The SMILES string of the molecule is Cc1cccc(C(=O)NC2CCN(c3ccc(C(F)(F)F)cn3)CC2)c1C. The maximum Gasteiger partial charge on any atom is 0.417 e. The molecule has 0 spiro atoms. The van der Waals surface area contributed by atoms with Crippen molar-refractivity contribution < 1.29 is 18.0 Å². The van der Waals surface area contributed by atoms with E-state index in [4.69, 9.17) is 0 Å². The summed E-state index contributed by atoms with van der Waals surface area (Å²) in [5.74, 6) is 0.449. The Labute approximate surface area is 156 Å². The summed E-state index contributed by atoms with van der Waals surface area (Å²) in [6.07, 6.45) is -2.07. The fraction of sp³-hybridized carbons (Fsp3) is 0.400. The Kier molecular flexibility index (Phi) is 5.39. The monoisotopic (exact) mass is 377 g/mol. The average molecular weight is 377 g/mol. The van der Waals surface area contributed by atoms with Crippen LogP contribution in [0.4, 0.5) is 19.0 Å². The van der Waals surface area contributed by atoms with Gasteiger partial charge in [0.15, 0.2) is 0 Å². The zero-order valence-corrected chi connectivity index (χ0v) is 15.3. The number of benzene rings is 1. The average Bonchev–Trinajstić information content (AvgIpc) is 2.64. The lowest BCUT2D eigenvalue weighted by molar-refractivity contribution is -0.137. The lowest BCUT2D eigenvalue weighted by atomic mass is 10.0. The topological polar surface area (TPSA) is 45.2 Å². The van der Waals surface area contributed by atoms with Gasteiger partial charge in [0, 0.05) is 30.9 Å². The van der Waals surface area contributed by atoms with E-state index in [-0.39, 0.29) is 11.9 Å². The second-order valence-electron chi connectivity index (χ2n) is 6.89. The third kappa shape index (κ3) is 4.40. The number of pyridine rings is 1. The highest BCUT2D eigenvalue weighted by molar-refractivity contribution is 5.96. The minimum atomic E-state index is -4.38. The van der Waals surface area contributed by atoms with Gasteiger partial charge in [-0.1, -0.05) is 12.1 Å². The number of aryl methyl sites for hydroxylation is 1. The molecule has 4 nitrogen and oxygen atoms in total. The number of nitrogens with zero attached hydrogens (tertiary/aromatic N) is 2. The van der Waals surface area contributed by atoms with Crippen LogP contribution in [-0.2, 0) is 6.18 Å². The van der Waals surface area contributed by atoms with Gasteiger partial charge in [-0.3, -0.25) is 4.79 Å². The van der Waals surface area contributed by atoms with E-state index in [2.05, 4.69) is 10.3 Å². The summed E-state index contributed by atoms with van der Waals surface area (Å²) < 4.78 is 37.9. The molecule has 2 aromatic rings. The van der Waals surface area contributed by atoms with Crippen molar-refractivity contribution in [3.63, 3.8) is 0 Å². The van der Waals surface area contributed by atoms with Crippen molar-refractivity contribution in [1.82, 2.24) is 10.3 Å². The van der Waals surface area contributed by atoms with Crippen LogP contribution in [0.5, 0.6) is 0 Å². The van der Waals surface area contributed by atoms with E-state index in [1.54, 1.807) is 0 Å². The molecule has 2 heterocycles. The Bertz CT molecular complexity index is 810. The molecule has 0 atom stereocenters. The van der Waals surface area contributed by atoms with E-state index < -0.39 is 11.7 Å². The van der Waals surface area contributed by atoms with Crippen LogP contribution in [0.1, 0.15) is 39.9 Å². The Balaban J connectivity index is 1.57. The number of hydrogen-bond donors (Lipinski definition) is 1. The number of amides is 1. The molecular weight excluding hydrogens is 355 g/mol. The highest BCUT2D eigenvalue weighted by Gasteiger charge is 2.31. The number of piperidine rings is 1. The first-order valence-electron chi connectivity index (χ1n) is 8.91. The van der Waals surface area contributed by atoms with Crippen molar-refractivity contribution in [1.29, 1.82) is 0 Å². The molecule has 1 saturated heterocycles. The van der Waals surface area contributed by atoms with Gasteiger partial charge >= 0.3 is 6.18 Å².